The summed E-state index contributed by atoms with van der Waals surface area (Å²) in [7, 11) is 1.67. The lowest BCUT2D eigenvalue weighted by Gasteiger charge is -2.11. The van der Waals surface area contributed by atoms with Crippen LogP contribution in [0.3, 0.4) is 0 Å². The van der Waals surface area contributed by atoms with Gasteiger partial charge < -0.3 is 19.0 Å². The summed E-state index contributed by atoms with van der Waals surface area (Å²) in [6, 6.07) is 6.31. The van der Waals surface area contributed by atoms with Crippen molar-refractivity contribution < 1.29 is 9.47 Å². The highest BCUT2D eigenvalue weighted by atomic mass is 32.1. The minimum Gasteiger partial charge on any atom is -0.494 e. The molecular formula is C12H14N2O2S. The molecule has 3 rings (SSSR count). The fraction of sp³-hybridized carbons (Fsp3) is 0.417. The van der Waals surface area contributed by atoms with Gasteiger partial charge in [-0.25, -0.2) is 0 Å². The summed E-state index contributed by atoms with van der Waals surface area (Å²) in [5.74, 6) is 0.825. The summed E-state index contributed by atoms with van der Waals surface area (Å²) in [5.41, 5.74) is 2.05. The van der Waals surface area contributed by atoms with Crippen LogP contribution >= 0.6 is 12.2 Å². The largest absolute Gasteiger partial charge is 0.494 e. The summed E-state index contributed by atoms with van der Waals surface area (Å²) in [6.07, 6.45) is 1.01. The smallest absolute Gasteiger partial charge is 0.178 e. The third-order valence-electron chi connectivity index (χ3n) is 3.21. The van der Waals surface area contributed by atoms with Gasteiger partial charge in [-0.1, -0.05) is 6.07 Å². The highest BCUT2D eigenvalue weighted by Crippen LogP contribution is 2.29. The van der Waals surface area contributed by atoms with Gasteiger partial charge in [-0.05, 0) is 30.8 Å². The van der Waals surface area contributed by atoms with Crippen molar-refractivity contribution in [1.29, 1.82) is 0 Å². The van der Waals surface area contributed by atoms with Gasteiger partial charge in [-0.15, -0.1) is 0 Å². The van der Waals surface area contributed by atoms with Crippen LogP contribution in [-0.2, 0) is 4.74 Å². The zero-order chi connectivity index (χ0) is 11.8. The SMILES string of the molecule is COc1cccc2c1[nH]c(=S)n2C1CCOC1. The summed E-state index contributed by atoms with van der Waals surface area (Å²) < 4.78 is 13.6. The number of aromatic nitrogens is 2. The maximum atomic E-state index is 5.43. The van der Waals surface area contributed by atoms with E-state index < -0.39 is 0 Å². The number of nitrogens with zero attached hydrogens (tertiary/aromatic N) is 1. The molecule has 1 aliphatic rings. The molecule has 0 aliphatic carbocycles. The van der Waals surface area contributed by atoms with E-state index in [0.717, 1.165) is 41.2 Å². The van der Waals surface area contributed by atoms with Gasteiger partial charge in [-0.2, -0.15) is 0 Å². The molecule has 17 heavy (non-hydrogen) atoms. The van der Waals surface area contributed by atoms with Crippen LogP contribution in [0.2, 0.25) is 0 Å². The van der Waals surface area contributed by atoms with Crippen molar-refractivity contribution in [1.82, 2.24) is 9.55 Å². The summed E-state index contributed by atoms with van der Waals surface area (Å²) in [4.78, 5) is 3.22. The molecule has 0 radical (unpaired) electrons. The Kier molecular flexibility index (Phi) is 2.64. The molecule has 1 aliphatic heterocycles. The number of ether oxygens (including phenoxy) is 2. The van der Waals surface area contributed by atoms with Crippen LogP contribution in [0.5, 0.6) is 5.75 Å². The predicted octanol–water partition coefficient (Wildman–Crippen LogP) is 2.67. The molecule has 1 aromatic carbocycles. The number of hydrogen-bond acceptors (Lipinski definition) is 3. The summed E-state index contributed by atoms with van der Waals surface area (Å²) in [6.45, 7) is 1.54. The molecule has 1 saturated heterocycles. The zero-order valence-corrected chi connectivity index (χ0v) is 10.4. The van der Waals surface area contributed by atoms with Gasteiger partial charge in [0.25, 0.3) is 0 Å². The second-order valence-electron chi connectivity index (χ2n) is 4.17. The van der Waals surface area contributed by atoms with Crippen molar-refractivity contribution in [3.63, 3.8) is 0 Å². The van der Waals surface area contributed by atoms with Crippen molar-refractivity contribution in [3.8, 4) is 5.75 Å². The van der Waals surface area contributed by atoms with Crippen molar-refractivity contribution in [2.75, 3.05) is 20.3 Å². The molecule has 1 atom stereocenters. The van der Waals surface area contributed by atoms with E-state index in [1.165, 1.54) is 0 Å². The van der Waals surface area contributed by atoms with Crippen molar-refractivity contribution >= 4 is 23.3 Å². The number of methoxy groups -OCH3 is 1. The Bertz CT molecular complexity index is 596. The molecule has 0 bridgehead atoms. The molecule has 4 nitrogen and oxygen atoms in total. The standard InChI is InChI=1S/C12H14N2O2S/c1-15-10-4-2-3-9-11(10)13-12(17)14(9)8-5-6-16-7-8/h2-4,8H,5-7H2,1H3,(H,13,17). The summed E-state index contributed by atoms with van der Waals surface area (Å²) in [5, 5.41) is 0. The van der Waals surface area contributed by atoms with Gasteiger partial charge >= 0.3 is 0 Å². The second kappa shape index (κ2) is 4.16. The van der Waals surface area contributed by atoms with E-state index in [9.17, 15) is 0 Å². The average molecular weight is 250 g/mol. The Hall–Kier alpha value is -1.33. The van der Waals surface area contributed by atoms with Crippen LogP contribution in [0.25, 0.3) is 11.0 Å². The topological polar surface area (TPSA) is 39.2 Å². The fourth-order valence-electron chi connectivity index (χ4n) is 2.38. The van der Waals surface area contributed by atoms with Crippen LogP contribution < -0.4 is 4.74 Å². The number of aromatic amines is 1. The number of benzene rings is 1. The van der Waals surface area contributed by atoms with E-state index in [4.69, 9.17) is 21.7 Å². The number of fused-ring (bicyclic) bond motifs is 1. The lowest BCUT2D eigenvalue weighted by molar-refractivity contribution is 0.187. The van der Waals surface area contributed by atoms with Crippen LogP contribution in [0, 0.1) is 4.77 Å². The quantitative estimate of drug-likeness (QED) is 0.833. The first-order valence-electron chi connectivity index (χ1n) is 5.66. The first-order valence-corrected chi connectivity index (χ1v) is 6.07. The predicted molar refractivity (Wildman–Crippen MR) is 68.1 cm³/mol. The first kappa shape index (κ1) is 10.8. The van der Waals surface area contributed by atoms with Gasteiger partial charge in [0.15, 0.2) is 4.77 Å². The van der Waals surface area contributed by atoms with Gasteiger partial charge in [-0.3, -0.25) is 0 Å². The highest BCUT2D eigenvalue weighted by molar-refractivity contribution is 7.71. The maximum Gasteiger partial charge on any atom is 0.178 e. The Morgan fingerprint density at radius 3 is 3.12 bits per heavy atom. The number of hydrogen-bond donors (Lipinski definition) is 1. The van der Waals surface area contributed by atoms with Crippen molar-refractivity contribution in [2.24, 2.45) is 0 Å². The highest BCUT2D eigenvalue weighted by Gasteiger charge is 2.21. The van der Waals surface area contributed by atoms with E-state index >= 15 is 0 Å². The Labute approximate surface area is 104 Å². The van der Waals surface area contributed by atoms with E-state index in [0.29, 0.717) is 6.04 Å². The van der Waals surface area contributed by atoms with Crippen LogP contribution in [0.15, 0.2) is 18.2 Å². The van der Waals surface area contributed by atoms with Crippen molar-refractivity contribution in [3.05, 3.63) is 23.0 Å². The number of imidazole rings is 1. The molecule has 0 spiro atoms. The molecule has 2 heterocycles. The van der Waals surface area contributed by atoms with E-state index in [1.807, 2.05) is 12.1 Å². The molecule has 0 amide bonds. The normalized spacial score (nSPS) is 19.9. The lowest BCUT2D eigenvalue weighted by atomic mass is 10.2. The molecular weight excluding hydrogens is 236 g/mol. The van der Waals surface area contributed by atoms with Gasteiger partial charge in [0.05, 0.1) is 25.3 Å². The Morgan fingerprint density at radius 2 is 2.41 bits per heavy atom. The van der Waals surface area contributed by atoms with Crippen LogP contribution in [0.4, 0.5) is 0 Å². The molecule has 1 fully saturated rings. The fourth-order valence-corrected chi connectivity index (χ4v) is 2.73. The molecule has 90 valence electrons. The molecule has 2 aromatic rings. The van der Waals surface area contributed by atoms with Gasteiger partial charge in [0.1, 0.15) is 11.3 Å². The summed E-state index contributed by atoms with van der Waals surface area (Å²) >= 11 is 5.39. The number of para-hydroxylation sites is 1. The van der Waals surface area contributed by atoms with Gasteiger partial charge in [0.2, 0.25) is 0 Å². The Morgan fingerprint density at radius 1 is 1.53 bits per heavy atom. The first-order chi connectivity index (χ1) is 8.31. The van der Waals surface area contributed by atoms with Gasteiger partial charge in [0, 0.05) is 6.61 Å². The third-order valence-corrected chi connectivity index (χ3v) is 3.50. The van der Waals surface area contributed by atoms with E-state index in [-0.39, 0.29) is 0 Å². The van der Waals surface area contributed by atoms with E-state index in [1.54, 1.807) is 7.11 Å². The monoisotopic (exact) mass is 250 g/mol. The molecule has 0 saturated carbocycles. The van der Waals surface area contributed by atoms with E-state index in [2.05, 4.69) is 15.6 Å². The minimum absolute atomic E-state index is 0.336. The molecule has 5 heteroatoms. The number of nitrogens with one attached hydrogen (secondary N) is 1. The lowest BCUT2D eigenvalue weighted by Crippen LogP contribution is -2.08. The third kappa shape index (κ3) is 1.66. The average Bonchev–Trinajstić information content (AvgIpc) is 2.93. The Balaban J connectivity index is 2.24. The second-order valence-corrected chi connectivity index (χ2v) is 4.56. The zero-order valence-electron chi connectivity index (χ0n) is 9.60. The number of rotatable bonds is 2. The molecule has 1 aromatic heterocycles. The minimum atomic E-state index is 0.336. The number of H-pyrrole nitrogens is 1. The molecule has 1 N–H and O–H groups in total. The maximum absolute atomic E-state index is 5.43. The van der Waals surface area contributed by atoms with Crippen LogP contribution in [-0.4, -0.2) is 29.9 Å². The van der Waals surface area contributed by atoms with Crippen molar-refractivity contribution in [2.45, 2.75) is 12.5 Å². The van der Waals surface area contributed by atoms with Crippen LogP contribution in [0.1, 0.15) is 12.5 Å². The molecule has 1 unspecified atom stereocenters.